The van der Waals surface area contributed by atoms with Gasteiger partial charge in [0.2, 0.25) is 0 Å². The molecule has 0 aliphatic carbocycles. The van der Waals surface area contributed by atoms with Crippen LogP contribution in [0.4, 0.5) is 4.39 Å². The van der Waals surface area contributed by atoms with E-state index >= 15 is 0 Å². The summed E-state index contributed by atoms with van der Waals surface area (Å²) < 4.78 is 13.4. The number of rotatable bonds is 3. The third-order valence-corrected chi connectivity index (χ3v) is 3.51. The van der Waals surface area contributed by atoms with Gasteiger partial charge in [0.25, 0.3) is 0 Å². The van der Waals surface area contributed by atoms with E-state index < -0.39 is 0 Å². The van der Waals surface area contributed by atoms with E-state index in [0.29, 0.717) is 6.54 Å². The first kappa shape index (κ1) is 12.8. The molecule has 1 atom stereocenters. The number of benzene rings is 2. The average Bonchev–Trinajstić information content (AvgIpc) is 2.79. The highest BCUT2D eigenvalue weighted by atomic mass is 19.1. The monoisotopic (exact) mass is 269 g/mol. The van der Waals surface area contributed by atoms with Crippen molar-refractivity contribution in [3.8, 4) is 0 Å². The van der Waals surface area contributed by atoms with Crippen LogP contribution in [-0.4, -0.2) is 16.5 Å². The zero-order valence-corrected chi connectivity index (χ0v) is 11.2. The molecule has 1 heterocycles. The van der Waals surface area contributed by atoms with Crippen molar-refractivity contribution in [2.75, 3.05) is 6.54 Å². The van der Waals surface area contributed by atoms with Gasteiger partial charge in [0, 0.05) is 12.5 Å². The highest BCUT2D eigenvalue weighted by Crippen LogP contribution is 2.26. The maximum Gasteiger partial charge on any atom is 0.123 e. The molecule has 0 saturated carbocycles. The Labute approximate surface area is 116 Å². The van der Waals surface area contributed by atoms with E-state index in [2.05, 4.69) is 9.97 Å². The van der Waals surface area contributed by atoms with Crippen molar-refractivity contribution in [2.45, 2.75) is 12.8 Å². The van der Waals surface area contributed by atoms with Crippen LogP contribution in [-0.2, 0) is 0 Å². The van der Waals surface area contributed by atoms with Gasteiger partial charge in [-0.05, 0) is 42.3 Å². The highest BCUT2D eigenvalue weighted by Gasteiger charge is 2.14. The van der Waals surface area contributed by atoms with Crippen LogP contribution in [0.2, 0.25) is 0 Å². The number of fused-ring (bicyclic) bond motifs is 1. The fraction of sp³-hybridized carbons (Fsp3) is 0.188. The molecule has 1 aromatic heterocycles. The van der Waals surface area contributed by atoms with Gasteiger partial charge in [0.15, 0.2) is 0 Å². The van der Waals surface area contributed by atoms with E-state index in [4.69, 9.17) is 5.73 Å². The normalized spacial score (nSPS) is 12.8. The largest absolute Gasteiger partial charge is 0.342 e. The summed E-state index contributed by atoms with van der Waals surface area (Å²) in [7, 11) is 0. The number of nitrogens with one attached hydrogen (secondary N) is 1. The van der Waals surface area contributed by atoms with Crippen LogP contribution in [0.15, 0.2) is 42.5 Å². The number of aromatic nitrogens is 2. The van der Waals surface area contributed by atoms with E-state index in [1.54, 1.807) is 12.1 Å². The lowest BCUT2D eigenvalue weighted by Gasteiger charge is -2.16. The molecule has 0 spiro atoms. The number of imidazole rings is 1. The predicted molar refractivity (Wildman–Crippen MR) is 78.1 cm³/mol. The van der Waals surface area contributed by atoms with Crippen molar-refractivity contribution in [3.05, 3.63) is 65.2 Å². The van der Waals surface area contributed by atoms with Gasteiger partial charge in [-0.25, -0.2) is 9.37 Å². The van der Waals surface area contributed by atoms with E-state index in [1.165, 1.54) is 6.07 Å². The first-order chi connectivity index (χ1) is 9.67. The third-order valence-electron chi connectivity index (χ3n) is 3.51. The molecule has 0 aliphatic heterocycles. The summed E-state index contributed by atoms with van der Waals surface area (Å²) in [4.78, 5) is 7.59. The second-order valence-corrected chi connectivity index (χ2v) is 4.94. The van der Waals surface area contributed by atoms with Crippen molar-refractivity contribution in [2.24, 2.45) is 5.73 Å². The number of hydrogen-bond donors (Lipinski definition) is 2. The SMILES string of the molecule is Cc1nc2ccc(C(CN)c3cccc(F)c3)cc2[nH]1. The molecule has 0 fully saturated rings. The van der Waals surface area contributed by atoms with Gasteiger partial charge in [0.1, 0.15) is 11.6 Å². The summed E-state index contributed by atoms with van der Waals surface area (Å²) in [5.41, 5.74) is 9.76. The maximum absolute atomic E-state index is 13.4. The molecule has 3 N–H and O–H groups in total. The lowest BCUT2D eigenvalue weighted by Crippen LogP contribution is -2.14. The van der Waals surface area contributed by atoms with Crippen LogP contribution in [0.1, 0.15) is 22.9 Å². The summed E-state index contributed by atoms with van der Waals surface area (Å²) in [6.45, 7) is 2.36. The number of aryl methyl sites for hydroxylation is 1. The Morgan fingerprint density at radius 2 is 2.00 bits per heavy atom. The molecule has 1 unspecified atom stereocenters. The Morgan fingerprint density at radius 3 is 2.75 bits per heavy atom. The van der Waals surface area contributed by atoms with Crippen molar-refractivity contribution in [1.29, 1.82) is 0 Å². The number of H-pyrrole nitrogens is 1. The van der Waals surface area contributed by atoms with E-state index in [-0.39, 0.29) is 11.7 Å². The van der Waals surface area contributed by atoms with Gasteiger partial charge >= 0.3 is 0 Å². The molecule has 3 rings (SSSR count). The molecule has 3 nitrogen and oxygen atoms in total. The summed E-state index contributed by atoms with van der Waals surface area (Å²) in [6.07, 6.45) is 0. The molecule has 4 heteroatoms. The van der Waals surface area contributed by atoms with Crippen LogP contribution in [0, 0.1) is 12.7 Å². The second-order valence-electron chi connectivity index (χ2n) is 4.94. The van der Waals surface area contributed by atoms with Gasteiger partial charge < -0.3 is 10.7 Å². The first-order valence-corrected chi connectivity index (χ1v) is 6.59. The minimum Gasteiger partial charge on any atom is -0.342 e. The second kappa shape index (κ2) is 5.06. The van der Waals surface area contributed by atoms with E-state index in [0.717, 1.165) is 28.0 Å². The molecule has 0 saturated heterocycles. The van der Waals surface area contributed by atoms with Crippen LogP contribution < -0.4 is 5.73 Å². The molecule has 0 aliphatic rings. The lowest BCUT2D eigenvalue weighted by atomic mass is 9.91. The molecule has 0 amide bonds. The maximum atomic E-state index is 13.4. The fourth-order valence-electron chi connectivity index (χ4n) is 2.56. The molecular weight excluding hydrogens is 253 g/mol. The minimum atomic E-state index is -0.237. The molecule has 102 valence electrons. The van der Waals surface area contributed by atoms with E-state index in [9.17, 15) is 4.39 Å². The molecule has 2 aromatic carbocycles. The summed E-state index contributed by atoms with van der Waals surface area (Å²) in [5.74, 6) is 0.630. The summed E-state index contributed by atoms with van der Waals surface area (Å²) in [5, 5.41) is 0. The fourth-order valence-corrected chi connectivity index (χ4v) is 2.56. The average molecular weight is 269 g/mol. The zero-order valence-electron chi connectivity index (χ0n) is 11.2. The Morgan fingerprint density at radius 1 is 1.20 bits per heavy atom. The van der Waals surface area contributed by atoms with Crippen molar-refractivity contribution in [1.82, 2.24) is 9.97 Å². The molecule has 0 radical (unpaired) electrons. The van der Waals surface area contributed by atoms with E-state index in [1.807, 2.05) is 31.2 Å². The smallest absolute Gasteiger partial charge is 0.123 e. The molecular formula is C16H16FN3. The van der Waals surface area contributed by atoms with Gasteiger partial charge in [0.05, 0.1) is 11.0 Å². The quantitative estimate of drug-likeness (QED) is 0.767. The lowest BCUT2D eigenvalue weighted by molar-refractivity contribution is 0.623. The van der Waals surface area contributed by atoms with Crippen LogP contribution in [0.3, 0.4) is 0 Å². The van der Waals surface area contributed by atoms with Crippen LogP contribution in [0.5, 0.6) is 0 Å². The number of nitrogens with zero attached hydrogens (tertiary/aromatic N) is 1. The minimum absolute atomic E-state index is 0.0151. The number of aromatic amines is 1. The standard InChI is InChI=1S/C16H16FN3/c1-10-19-15-6-5-12(8-16(15)20-10)14(9-18)11-3-2-4-13(17)7-11/h2-8,14H,9,18H2,1H3,(H,19,20). The van der Waals surface area contributed by atoms with Gasteiger partial charge in [-0.2, -0.15) is 0 Å². The Bertz CT molecular complexity index is 748. The van der Waals surface area contributed by atoms with Crippen LogP contribution >= 0.6 is 0 Å². The third kappa shape index (κ3) is 2.30. The number of halogens is 1. The molecule has 3 aromatic rings. The number of nitrogens with two attached hydrogens (primary N) is 1. The molecule has 20 heavy (non-hydrogen) atoms. The topological polar surface area (TPSA) is 54.7 Å². The first-order valence-electron chi connectivity index (χ1n) is 6.59. The Hall–Kier alpha value is -2.20. The van der Waals surface area contributed by atoms with Gasteiger partial charge in [-0.1, -0.05) is 18.2 Å². The summed E-state index contributed by atoms with van der Waals surface area (Å²) >= 11 is 0. The molecule has 0 bridgehead atoms. The Kier molecular flexibility index (Phi) is 3.24. The van der Waals surface area contributed by atoms with Crippen LogP contribution in [0.25, 0.3) is 11.0 Å². The zero-order chi connectivity index (χ0) is 14.1. The van der Waals surface area contributed by atoms with Crippen molar-refractivity contribution in [3.63, 3.8) is 0 Å². The Balaban J connectivity index is 2.06. The van der Waals surface area contributed by atoms with Crippen molar-refractivity contribution < 1.29 is 4.39 Å². The van der Waals surface area contributed by atoms with Gasteiger partial charge in [-0.15, -0.1) is 0 Å². The summed E-state index contributed by atoms with van der Waals surface area (Å²) in [6, 6.07) is 12.6. The highest BCUT2D eigenvalue weighted by molar-refractivity contribution is 5.76. The van der Waals surface area contributed by atoms with Gasteiger partial charge in [-0.3, -0.25) is 0 Å². The number of hydrogen-bond acceptors (Lipinski definition) is 2. The predicted octanol–water partition coefficient (Wildman–Crippen LogP) is 3.10. The van der Waals surface area contributed by atoms with Crippen molar-refractivity contribution >= 4 is 11.0 Å².